The zero-order valence-corrected chi connectivity index (χ0v) is 38.0. The molecule has 2 aliphatic rings. The Morgan fingerprint density at radius 3 is 1.57 bits per heavy atom. The lowest BCUT2D eigenvalue weighted by molar-refractivity contribution is -0.332. The topological polar surface area (TPSA) is 231 Å². The third-order valence-corrected chi connectivity index (χ3v) is 11.1. The minimum Gasteiger partial charge on any atom is -0.462 e. The maximum Gasteiger partial charge on any atom is 0.306 e. The molecule has 0 spiro atoms. The highest BCUT2D eigenvalue weighted by Gasteiger charge is 2.47. The Morgan fingerprint density at radius 1 is 0.524 bits per heavy atom. The van der Waals surface area contributed by atoms with Gasteiger partial charge in [0.2, 0.25) is 0 Å². The van der Waals surface area contributed by atoms with E-state index in [9.17, 15) is 45.3 Å². The number of hydrogen-bond donors (Lipinski definition) is 7. The molecule has 11 atom stereocenters. The number of ether oxygens (including phenoxy) is 6. The van der Waals surface area contributed by atoms with Gasteiger partial charge in [0.1, 0.15) is 55.4 Å². The second-order valence-corrected chi connectivity index (χ2v) is 16.6. The van der Waals surface area contributed by atoms with Gasteiger partial charge < -0.3 is 64.2 Å². The summed E-state index contributed by atoms with van der Waals surface area (Å²) in [6, 6.07) is 0. The minimum absolute atomic E-state index is 0.148. The number of allylic oxidation sites excluding steroid dienone is 8. The van der Waals surface area contributed by atoms with Crippen LogP contribution < -0.4 is 0 Å². The summed E-state index contributed by atoms with van der Waals surface area (Å²) in [7, 11) is 0. The third-order valence-electron chi connectivity index (χ3n) is 11.1. The number of aliphatic hydroxyl groups is 7. The lowest BCUT2D eigenvalue weighted by atomic mass is 9.98. The SMILES string of the molecule is CC/C=C\C/C=C\C/C=C\C/C=C\CCCCCCCCC(=O)OC(COC(=O)CCCCCCCCCC)COC1OC(COC2OC(CO)C(O)C(O)C2O)C(O)C(O)C1O. The Bertz CT molecular complexity index is 1290. The van der Waals surface area contributed by atoms with Gasteiger partial charge in [-0.2, -0.15) is 0 Å². The Morgan fingerprint density at radius 2 is 1.00 bits per heavy atom. The van der Waals surface area contributed by atoms with Gasteiger partial charge in [0.15, 0.2) is 18.7 Å². The van der Waals surface area contributed by atoms with E-state index in [0.29, 0.717) is 12.8 Å². The maximum atomic E-state index is 12.9. The van der Waals surface area contributed by atoms with Crippen molar-refractivity contribution in [3.8, 4) is 0 Å². The number of aliphatic hydroxyl groups excluding tert-OH is 7. The Kier molecular flexibility index (Phi) is 32.1. The molecule has 364 valence electrons. The fourth-order valence-corrected chi connectivity index (χ4v) is 7.15. The van der Waals surface area contributed by atoms with Crippen LogP contribution in [-0.2, 0) is 38.0 Å². The molecule has 63 heavy (non-hydrogen) atoms. The molecular weight excluding hydrogens is 817 g/mol. The summed E-state index contributed by atoms with van der Waals surface area (Å²) in [5.74, 6) is -0.949. The summed E-state index contributed by atoms with van der Waals surface area (Å²) in [5.41, 5.74) is 0. The molecule has 0 aromatic rings. The van der Waals surface area contributed by atoms with E-state index in [1.165, 1.54) is 25.7 Å². The van der Waals surface area contributed by atoms with Crippen molar-refractivity contribution in [3.05, 3.63) is 48.6 Å². The molecule has 2 rings (SSSR count). The van der Waals surface area contributed by atoms with Gasteiger partial charge in [0.25, 0.3) is 0 Å². The van der Waals surface area contributed by atoms with E-state index in [4.69, 9.17) is 28.4 Å². The molecule has 2 aliphatic heterocycles. The summed E-state index contributed by atoms with van der Waals surface area (Å²) in [6.45, 7) is 2.40. The summed E-state index contributed by atoms with van der Waals surface area (Å²) in [5, 5.41) is 71.8. The molecule has 15 heteroatoms. The highest BCUT2D eigenvalue weighted by molar-refractivity contribution is 5.70. The fourth-order valence-electron chi connectivity index (χ4n) is 7.15. The highest BCUT2D eigenvalue weighted by Crippen LogP contribution is 2.26. The van der Waals surface area contributed by atoms with Crippen LogP contribution in [0.15, 0.2) is 48.6 Å². The normalized spacial score (nSPS) is 27.3. The second kappa shape index (κ2) is 35.7. The highest BCUT2D eigenvalue weighted by atomic mass is 16.7. The molecule has 0 radical (unpaired) electrons. The zero-order chi connectivity index (χ0) is 46.1. The van der Waals surface area contributed by atoms with Crippen LogP contribution in [0.2, 0.25) is 0 Å². The first-order valence-corrected chi connectivity index (χ1v) is 23.7. The molecule has 0 aliphatic carbocycles. The van der Waals surface area contributed by atoms with Crippen LogP contribution >= 0.6 is 0 Å². The zero-order valence-electron chi connectivity index (χ0n) is 38.0. The lowest BCUT2D eigenvalue weighted by Crippen LogP contribution is -2.61. The van der Waals surface area contributed by atoms with Crippen molar-refractivity contribution in [2.75, 3.05) is 26.4 Å². The van der Waals surface area contributed by atoms with E-state index in [0.717, 1.165) is 83.5 Å². The Hall–Kier alpha value is -2.54. The lowest BCUT2D eigenvalue weighted by Gasteiger charge is -2.42. The molecule has 0 aromatic carbocycles. The Balaban J connectivity index is 1.81. The van der Waals surface area contributed by atoms with E-state index >= 15 is 0 Å². The van der Waals surface area contributed by atoms with E-state index in [1.54, 1.807) is 0 Å². The molecule has 15 nitrogen and oxygen atoms in total. The standard InChI is InChI=1S/C48H82O15/c1-3-5-7-9-11-13-14-15-16-17-18-19-20-21-22-23-25-27-29-31-40(51)61-36(33-58-39(50)30-28-26-24-12-10-8-6-4-2)34-59-47-46(57)44(55)42(53)38(63-47)35-60-48-45(56)43(54)41(52)37(32-49)62-48/h5,7,11,13,15-16,18-19,36-38,41-49,52-57H,3-4,6,8-10,12,14,17,20-35H2,1-2H3/b7-5-,13-11-,16-15-,19-18-. The van der Waals surface area contributed by atoms with Crippen molar-refractivity contribution in [2.45, 2.75) is 216 Å². The van der Waals surface area contributed by atoms with E-state index in [-0.39, 0.29) is 26.1 Å². The van der Waals surface area contributed by atoms with Crippen molar-refractivity contribution in [1.82, 2.24) is 0 Å². The average molecular weight is 899 g/mol. The summed E-state index contributed by atoms with van der Waals surface area (Å²) < 4.78 is 33.4. The number of esters is 2. The summed E-state index contributed by atoms with van der Waals surface area (Å²) in [6.07, 6.45) is 20.2. The molecule has 0 amide bonds. The van der Waals surface area contributed by atoms with Crippen LogP contribution in [0.4, 0.5) is 0 Å². The first-order valence-electron chi connectivity index (χ1n) is 23.7. The smallest absolute Gasteiger partial charge is 0.306 e. The van der Waals surface area contributed by atoms with Crippen LogP contribution in [0.25, 0.3) is 0 Å². The third kappa shape index (κ3) is 24.5. The van der Waals surface area contributed by atoms with E-state index in [2.05, 4.69) is 62.5 Å². The molecule has 0 bridgehead atoms. The van der Waals surface area contributed by atoms with Crippen molar-refractivity contribution in [1.29, 1.82) is 0 Å². The van der Waals surface area contributed by atoms with Crippen LogP contribution in [0.5, 0.6) is 0 Å². The molecule has 2 fully saturated rings. The van der Waals surface area contributed by atoms with Gasteiger partial charge in [-0.3, -0.25) is 9.59 Å². The van der Waals surface area contributed by atoms with Crippen molar-refractivity contribution < 1.29 is 73.8 Å². The molecule has 0 aromatic heterocycles. The van der Waals surface area contributed by atoms with E-state index in [1.807, 2.05) is 0 Å². The van der Waals surface area contributed by atoms with Crippen LogP contribution in [0.3, 0.4) is 0 Å². The molecule has 2 heterocycles. The van der Waals surface area contributed by atoms with Crippen molar-refractivity contribution in [3.63, 3.8) is 0 Å². The molecule has 11 unspecified atom stereocenters. The van der Waals surface area contributed by atoms with Crippen LogP contribution in [0.1, 0.15) is 149 Å². The Labute approximate surface area is 376 Å². The minimum atomic E-state index is -1.77. The van der Waals surface area contributed by atoms with Crippen LogP contribution in [-0.4, -0.2) is 142 Å². The largest absolute Gasteiger partial charge is 0.462 e. The summed E-state index contributed by atoms with van der Waals surface area (Å²) in [4.78, 5) is 25.6. The molecular formula is C48H82O15. The van der Waals surface area contributed by atoms with Crippen molar-refractivity contribution >= 4 is 11.9 Å². The second-order valence-electron chi connectivity index (χ2n) is 16.6. The van der Waals surface area contributed by atoms with Crippen LogP contribution in [0, 0.1) is 0 Å². The first kappa shape index (κ1) is 56.6. The van der Waals surface area contributed by atoms with Gasteiger partial charge in [-0.15, -0.1) is 0 Å². The number of hydrogen-bond acceptors (Lipinski definition) is 15. The quantitative estimate of drug-likeness (QED) is 0.0235. The maximum absolute atomic E-state index is 12.9. The number of carbonyl (C=O) groups is 2. The van der Waals surface area contributed by atoms with Gasteiger partial charge in [-0.25, -0.2) is 0 Å². The predicted octanol–water partition coefficient (Wildman–Crippen LogP) is 5.54. The number of unbranched alkanes of at least 4 members (excludes halogenated alkanes) is 13. The number of rotatable bonds is 35. The van der Waals surface area contributed by atoms with Gasteiger partial charge in [0, 0.05) is 12.8 Å². The number of carbonyl (C=O) groups excluding carboxylic acids is 2. The van der Waals surface area contributed by atoms with Gasteiger partial charge in [-0.1, -0.05) is 133 Å². The first-order chi connectivity index (χ1) is 30.5. The van der Waals surface area contributed by atoms with Gasteiger partial charge >= 0.3 is 11.9 Å². The summed E-state index contributed by atoms with van der Waals surface area (Å²) >= 11 is 0. The average Bonchev–Trinajstić information content (AvgIpc) is 3.28. The molecule has 7 N–H and O–H groups in total. The monoisotopic (exact) mass is 899 g/mol. The van der Waals surface area contributed by atoms with Gasteiger partial charge in [0.05, 0.1) is 19.8 Å². The van der Waals surface area contributed by atoms with Gasteiger partial charge in [-0.05, 0) is 51.4 Å². The van der Waals surface area contributed by atoms with E-state index < -0.39 is 92.7 Å². The van der Waals surface area contributed by atoms with Crippen molar-refractivity contribution in [2.24, 2.45) is 0 Å². The fraction of sp³-hybridized carbons (Fsp3) is 0.792. The predicted molar refractivity (Wildman–Crippen MR) is 238 cm³/mol. The molecule has 0 saturated carbocycles. The molecule has 2 saturated heterocycles.